The smallest absolute Gasteiger partial charge is 0.134 e. The normalized spacial score (nSPS) is 12.7. The standard InChI is InChI=1S/C16H21F2N3/c1-5-8-19-16(12-9-21(4)20-11(12)3)14-13(17)7-6-10(2)15(14)18/h6-7,9,16,19H,5,8H2,1-4H3. The monoisotopic (exact) mass is 293 g/mol. The number of rotatable bonds is 5. The van der Waals surface area contributed by atoms with Gasteiger partial charge in [-0.05, 0) is 38.4 Å². The third-order valence-corrected chi connectivity index (χ3v) is 3.57. The van der Waals surface area contributed by atoms with E-state index in [-0.39, 0.29) is 5.56 Å². The maximum atomic E-state index is 14.5. The van der Waals surface area contributed by atoms with Gasteiger partial charge in [0.25, 0.3) is 0 Å². The number of hydrogen-bond acceptors (Lipinski definition) is 2. The van der Waals surface area contributed by atoms with Gasteiger partial charge in [-0.2, -0.15) is 5.10 Å². The van der Waals surface area contributed by atoms with Gasteiger partial charge in [0, 0.05) is 24.4 Å². The average molecular weight is 293 g/mol. The molecule has 1 atom stereocenters. The van der Waals surface area contributed by atoms with E-state index in [9.17, 15) is 8.78 Å². The number of hydrogen-bond donors (Lipinski definition) is 1. The van der Waals surface area contributed by atoms with Crippen LogP contribution >= 0.6 is 0 Å². The van der Waals surface area contributed by atoms with Crippen LogP contribution in [0.1, 0.15) is 41.8 Å². The molecule has 0 spiro atoms. The summed E-state index contributed by atoms with van der Waals surface area (Å²) in [4.78, 5) is 0. The maximum absolute atomic E-state index is 14.5. The lowest BCUT2D eigenvalue weighted by molar-refractivity contribution is 0.498. The number of nitrogens with zero attached hydrogens (tertiary/aromatic N) is 2. The van der Waals surface area contributed by atoms with Gasteiger partial charge < -0.3 is 5.32 Å². The number of halogens is 2. The Balaban J connectivity index is 2.56. The van der Waals surface area contributed by atoms with Crippen molar-refractivity contribution in [3.63, 3.8) is 0 Å². The Bertz CT molecular complexity index is 635. The zero-order valence-electron chi connectivity index (χ0n) is 12.9. The second-order valence-electron chi connectivity index (χ2n) is 5.32. The van der Waals surface area contributed by atoms with E-state index in [1.807, 2.05) is 20.0 Å². The molecular formula is C16H21F2N3. The predicted octanol–water partition coefficient (Wildman–Crippen LogP) is 3.40. The molecule has 1 unspecified atom stereocenters. The number of aryl methyl sites for hydroxylation is 3. The fourth-order valence-electron chi connectivity index (χ4n) is 2.50. The van der Waals surface area contributed by atoms with Gasteiger partial charge in [0.15, 0.2) is 0 Å². The van der Waals surface area contributed by atoms with E-state index < -0.39 is 17.7 Å². The van der Waals surface area contributed by atoms with Gasteiger partial charge in [0.1, 0.15) is 11.6 Å². The number of benzene rings is 1. The highest BCUT2D eigenvalue weighted by Crippen LogP contribution is 2.30. The highest BCUT2D eigenvalue weighted by atomic mass is 19.1. The first-order chi connectivity index (χ1) is 9.95. The van der Waals surface area contributed by atoms with Crippen molar-refractivity contribution in [3.05, 3.63) is 52.3 Å². The van der Waals surface area contributed by atoms with Crippen LogP contribution in [0.2, 0.25) is 0 Å². The molecule has 0 aliphatic heterocycles. The first-order valence-corrected chi connectivity index (χ1v) is 7.13. The van der Waals surface area contributed by atoms with E-state index >= 15 is 0 Å². The largest absolute Gasteiger partial charge is 0.306 e. The second-order valence-corrected chi connectivity index (χ2v) is 5.32. The van der Waals surface area contributed by atoms with Gasteiger partial charge in [-0.1, -0.05) is 13.0 Å². The van der Waals surface area contributed by atoms with Gasteiger partial charge in [0.2, 0.25) is 0 Å². The minimum Gasteiger partial charge on any atom is -0.306 e. The molecule has 0 saturated carbocycles. The lowest BCUT2D eigenvalue weighted by Crippen LogP contribution is -2.25. The van der Waals surface area contributed by atoms with Crippen molar-refractivity contribution in [2.24, 2.45) is 7.05 Å². The summed E-state index contributed by atoms with van der Waals surface area (Å²) in [5, 5.41) is 7.51. The molecule has 1 aromatic carbocycles. The third kappa shape index (κ3) is 3.13. The van der Waals surface area contributed by atoms with Crippen molar-refractivity contribution in [2.75, 3.05) is 6.54 Å². The molecule has 2 rings (SSSR count). The van der Waals surface area contributed by atoms with Crippen LogP contribution in [0.15, 0.2) is 18.3 Å². The van der Waals surface area contributed by atoms with E-state index in [0.717, 1.165) is 17.7 Å². The van der Waals surface area contributed by atoms with E-state index in [1.165, 1.54) is 12.1 Å². The summed E-state index contributed by atoms with van der Waals surface area (Å²) in [6.45, 7) is 6.18. The van der Waals surface area contributed by atoms with Crippen LogP contribution in [0.5, 0.6) is 0 Å². The van der Waals surface area contributed by atoms with Crippen molar-refractivity contribution in [1.82, 2.24) is 15.1 Å². The minimum absolute atomic E-state index is 0.0690. The van der Waals surface area contributed by atoms with Crippen LogP contribution in [-0.2, 0) is 7.05 Å². The highest BCUT2D eigenvalue weighted by Gasteiger charge is 2.25. The van der Waals surface area contributed by atoms with Gasteiger partial charge >= 0.3 is 0 Å². The Labute approximate surface area is 124 Å². The molecule has 5 heteroatoms. The van der Waals surface area contributed by atoms with Crippen molar-refractivity contribution in [1.29, 1.82) is 0 Å². The molecule has 0 radical (unpaired) electrons. The first-order valence-electron chi connectivity index (χ1n) is 7.13. The van der Waals surface area contributed by atoms with Crippen molar-refractivity contribution < 1.29 is 8.78 Å². The van der Waals surface area contributed by atoms with Crippen molar-refractivity contribution >= 4 is 0 Å². The van der Waals surface area contributed by atoms with Gasteiger partial charge in [-0.15, -0.1) is 0 Å². The summed E-state index contributed by atoms with van der Waals surface area (Å²) in [6.07, 6.45) is 2.69. The summed E-state index contributed by atoms with van der Waals surface area (Å²) < 4.78 is 30.3. The van der Waals surface area contributed by atoms with Gasteiger partial charge in [-0.25, -0.2) is 8.78 Å². The van der Waals surface area contributed by atoms with Crippen molar-refractivity contribution in [3.8, 4) is 0 Å². The zero-order chi connectivity index (χ0) is 15.6. The molecule has 0 saturated heterocycles. The van der Waals surface area contributed by atoms with E-state index in [2.05, 4.69) is 10.4 Å². The molecule has 2 aromatic rings. The minimum atomic E-state index is -0.532. The van der Waals surface area contributed by atoms with Crippen LogP contribution in [0.25, 0.3) is 0 Å². The molecule has 1 N–H and O–H groups in total. The number of nitrogens with one attached hydrogen (secondary N) is 1. The summed E-state index contributed by atoms with van der Waals surface area (Å²) in [6, 6.07) is 2.25. The Morgan fingerprint density at radius 3 is 2.57 bits per heavy atom. The highest BCUT2D eigenvalue weighted by molar-refractivity contribution is 5.37. The summed E-state index contributed by atoms with van der Waals surface area (Å²) >= 11 is 0. The van der Waals surface area contributed by atoms with Crippen LogP contribution < -0.4 is 5.32 Å². The Kier molecular flexibility index (Phi) is 4.73. The topological polar surface area (TPSA) is 29.9 Å². The van der Waals surface area contributed by atoms with Crippen LogP contribution in [0, 0.1) is 25.5 Å². The van der Waals surface area contributed by atoms with Crippen LogP contribution in [0.3, 0.4) is 0 Å². The van der Waals surface area contributed by atoms with Crippen LogP contribution in [-0.4, -0.2) is 16.3 Å². The van der Waals surface area contributed by atoms with Crippen LogP contribution in [0.4, 0.5) is 8.78 Å². The maximum Gasteiger partial charge on any atom is 0.134 e. The molecule has 1 heterocycles. The molecule has 114 valence electrons. The van der Waals surface area contributed by atoms with E-state index in [0.29, 0.717) is 12.1 Å². The average Bonchev–Trinajstić information content (AvgIpc) is 2.77. The zero-order valence-corrected chi connectivity index (χ0v) is 12.9. The molecule has 0 aliphatic carbocycles. The predicted molar refractivity (Wildman–Crippen MR) is 79.2 cm³/mol. The summed E-state index contributed by atoms with van der Waals surface area (Å²) in [7, 11) is 1.80. The van der Waals surface area contributed by atoms with Gasteiger partial charge in [-0.3, -0.25) is 4.68 Å². The molecule has 3 nitrogen and oxygen atoms in total. The molecule has 1 aromatic heterocycles. The molecular weight excluding hydrogens is 272 g/mol. The molecule has 0 bridgehead atoms. The Morgan fingerprint density at radius 2 is 2.00 bits per heavy atom. The molecule has 0 aliphatic rings. The van der Waals surface area contributed by atoms with E-state index in [1.54, 1.807) is 18.7 Å². The molecule has 0 fully saturated rings. The SMILES string of the molecule is CCCNC(c1cn(C)nc1C)c1c(F)ccc(C)c1F. The molecule has 0 amide bonds. The second kappa shape index (κ2) is 6.35. The fraction of sp³-hybridized carbons (Fsp3) is 0.438. The quantitative estimate of drug-likeness (QED) is 0.915. The van der Waals surface area contributed by atoms with E-state index in [4.69, 9.17) is 0 Å². The van der Waals surface area contributed by atoms with Crippen molar-refractivity contribution in [2.45, 2.75) is 33.2 Å². The Hall–Kier alpha value is -1.75. The molecule has 21 heavy (non-hydrogen) atoms. The van der Waals surface area contributed by atoms with Gasteiger partial charge in [0.05, 0.1) is 11.7 Å². The summed E-state index contributed by atoms with van der Waals surface area (Å²) in [5.41, 5.74) is 2.08. The fourth-order valence-corrected chi connectivity index (χ4v) is 2.50. The third-order valence-electron chi connectivity index (χ3n) is 3.57. The first kappa shape index (κ1) is 15.6. The lowest BCUT2D eigenvalue weighted by atomic mass is 9.96. The lowest BCUT2D eigenvalue weighted by Gasteiger charge is -2.20. The number of aromatic nitrogens is 2. The summed E-state index contributed by atoms with van der Waals surface area (Å²) in [5.74, 6) is -1.03. The Morgan fingerprint density at radius 1 is 1.29 bits per heavy atom.